The fourth-order valence-corrected chi connectivity index (χ4v) is 5.72. The van der Waals surface area contributed by atoms with E-state index in [0.717, 1.165) is 38.5 Å². The van der Waals surface area contributed by atoms with Gasteiger partial charge in [0.1, 0.15) is 12.7 Å². The topological polar surface area (TPSA) is 149 Å². The normalized spacial score (nSPS) is 14.2. The zero-order valence-corrected chi connectivity index (χ0v) is 29.5. The van der Waals surface area contributed by atoms with Crippen LogP contribution in [-0.4, -0.2) is 65.7 Å². The summed E-state index contributed by atoms with van der Waals surface area (Å²) in [5.74, 6) is -0.920. The van der Waals surface area contributed by atoms with E-state index in [1.807, 2.05) is 0 Å². The van der Waals surface area contributed by atoms with E-state index in [2.05, 4.69) is 18.4 Å². The van der Waals surface area contributed by atoms with Crippen molar-refractivity contribution in [2.75, 3.05) is 26.4 Å². The zero-order valence-electron chi connectivity index (χ0n) is 28.6. The van der Waals surface area contributed by atoms with Crippen LogP contribution in [0.1, 0.15) is 168 Å². The summed E-state index contributed by atoms with van der Waals surface area (Å²) in [7, 11) is -4.60. The van der Waals surface area contributed by atoms with Gasteiger partial charge >= 0.3 is 19.8 Å². The molecule has 0 aromatic heterocycles. The number of phosphoric acid groups is 1. The molecule has 0 amide bonds. The van der Waals surface area contributed by atoms with Crippen LogP contribution in [0.3, 0.4) is 0 Å². The molecule has 0 saturated heterocycles. The quantitative estimate of drug-likeness (QED) is 0.0348. The van der Waals surface area contributed by atoms with Crippen LogP contribution >= 0.6 is 7.82 Å². The van der Waals surface area contributed by atoms with E-state index < -0.39 is 51.8 Å². The maximum absolute atomic E-state index is 12.5. The molecule has 3 atom stereocenters. The van der Waals surface area contributed by atoms with Crippen molar-refractivity contribution in [1.82, 2.24) is 0 Å². The number of carbonyl (C=O) groups is 2. The Bertz CT molecular complexity index is 736. The van der Waals surface area contributed by atoms with Gasteiger partial charge in [0, 0.05) is 12.8 Å². The molecule has 0 aliphatic heterocycles. The van der Waals surface area contributed by atoms with E-state index in [1.54, 1.807) is 0 Å². The Morgan fingerprint density at radius 1 is 0.578 bits per heavy atom. The molecule has 0 aliphatic carbocycles. The molecule has 1 unspecified atom stereocenters. The second kappa shape index (κ2) is 31.6. The molecule has 0 aromatic carbocycles. The van der Waals surface area contributed by atoms with Crippen molar-refractivity contribution < 1.29 is 47.8 Å². The lowest BCUT2D eigenvalue weighted by Gasteiger charge is -2.20. The predicted octanol–water partition coefficient (Wildman–Crippen LogP) is 8.33. The van der Waals surface area contributed by atoms with Crippen molar-refractivity contribution in [1.29, 1.82) is 0 Å². The summed E-state index contributed by atoms with van der Waals surface area (Å²) in [5, 5.41) is 18.2. The maximum atomic E-state index is 12.5. The molecule has 10 nitrogen and oxygen atoms in total. The molecule has 45 heavy (non-hydrogen) atoms. The van der Waals surface area contributed by atoms with E-state index in [0.29, 0.717) is 12.8 Å². The van der Waals surface area contributed by atoms with Crippen molar-refractivity contribution in [2.45, 2.75) is 180 Å². The lowest BCUT2D eigenvalue weighted by atomic mass is 10.0. The predicted molar refractivity (Wildman–Crippen MR) is 178 cm³/mol. The molecular formula is C34H67O10P. The summed E-state index contributed by atoms with van der Waals surface area (Å²) in [5.41, 5.74) is 0. The van der Waals surface area contributed by atoms with Crippen molar-refractivity contribution in [3.8, 4) is 0 Å². The van der Waals surface area contributed by atoms with E-state index in [1.165, 1.54) is 89.9 Å². The van der Waals surface area contributed by atoms with Crippen LogP contribution in [0.15, 0.2) is 0 Å². The third-order valence-corrected chi connectivity index (χ3v) is 8.71. The van der Waals surface area contributed by atoms with E-state index >= 15 is 0 Å². The lowest BCUT2D eigenvalue weighted by Crippen LogP contribution is -2.29. The molecule has 3 N–H and O–H groups in total. The molecule has 0 aromatic rings. The number of rotatable bonds is 34. The number of aliphatic hydroxyl groups is 2. The fraction of sp³-hybridized carbons (Fsp3) is 0.941. The minimum absolute atomic E-state index is 0.190. The van der Waals surface area contributed by atoms with Crippen LogP contribution in [0.25, 0.3) is 0 Å². The first-order chi connectivity index (χ1) is 21.7. The van der Waals surface area contributed by atoms with Crippen LogP contribution in [0.2, 0.25) is 0 Å². The first kappa shape index (κ1) is 44.0. The Balaban J connectivity index is 4.37. The van der Waals surface area contributed by atoms with Gasteiger partial charge in [-0.2, -0.15) is 0 Å². The Labute approximate surface area is 273 Å². The summed E-state index contributed by atoms with van der Waals surface area (Å²) in [6.07, 6.45) is 23.6. The molecule has 0 fully saturated rings. The molecule has 0 rings (SSSR count). The van der Waals surface area contributed by atoms with Gasteiger partial charge in [-0.05, 0) is 12.8 Å². The Morgan fingerprint density at radius 2 is 0.956 bits per heavy atom. The summed E-state index contributed by atoms with van der Waals surface area (Å²) in [6.45, 7) is 2.35. The van der Waals surface area contributed by atoms with Gasteiger partial charge in [0.05, 0.1) is 19.8 Å². The third-order valence-electron chi connectivity index (χ3n) is 7.76. The number of hydrogen-bond acceptors (Lipinski definition) is 9. The monoisotopic (exact) mass is 666 g/mol. The van der Waals surface area contributed by atoms with E-state index in [9.17, 15) is 24.2 Å². The standard InChI is InChI=1S/C34H67O10P/c1-3-5-7-9-11-13-15-16-18-19-21-23-25-33(37)41-29-32(30-43-45(39,40)42-28-31(36)27-35)44-34(38)26-24-22-20-17-14-12-10-8-6-4-2/h31-32,35-36H,3-30H2,1-2H3,(H,39,40)/t31-,32+/m0/s1. The second-order valence-electron chi connectivity index (χ2n) is 12.3. The van der Waals surface area contributed by atoms with Crippen LogP contribution < -0.4 is 0 Å². The highest BCUT2D eigenvalue weighted by Crippen LogP contribution is 2.43. The summed E-state index contributed by atoms with van der Waals surface area (Å²) < 4.78 is 32.5. The van der Waals surface area contributed by atoms with Crippen LogP contribution in [0.4, 0.5) is 0 Å². The van der Waals surface area contributed by atoms with Crippen molar-refractivity contribution >= 4 is 19.8 Å². The molecule has 268 valence electrons. The smallest absolute Gasteiger partial charge is 0.462 e. The molecule has 0 radical (unpaired) electrons. The third kappa shape index (κ3) is 31.3. The van der Waals surface area contributed by atoms with Crippen molar-refractivity contribution in [2.24, 2.45) is 0 Å². The van der Waals surface area contributed by atoms with Crippen LogP contribution in [0.5, 0.6) is 0 Å². The molecule has 0 aliphatic rings. The molecule has 11 heteroatoms. The number of hydrogen-bond donors (Lipinski definition) is 3. The van der Waals surface area contributed by atoms with E-state index in [4.69, 9.17) is 19.1 Å². The molecule has 0 heterocycles. The summed E-state index contributed by atoms with van der Waals surface area (Å²) in [4.78, 5) is 34.7. The average Bonchev–Trinajstić information content (AvgIpc) is 3.02. The molecule has 0 saturated carbocycles. The largest absolute Gasteiger partial charge is 0.472 e. The highest BCUT2D eigenvalue weighted by atomic mass is 31.2. The lowest BCUT2D eigenvalue weighted by molar-refractivity contribution is -0.161. The summed E-state index contributed by atoms with van der Waals surface area (Å²) in [6, 6.07) is 0. The van der Waals surface area contributed by atoms with Gasteiger partial charge in [-0.3, -0.25) is 18.6 Å². The molecule has 0 bridgehead atoms. The molecule has 0 spiro atoms. The highest BCUT2D eigenvalue weighted by Gasteiger charge is 2.27. The number of esters is 2. The van der Waals surface area contributed by atoms with Crippen LogP contribution in [-0.2, 0) is 32.7 Å². The first-order valence-corrected chi connectivity index (χ1v) is 19.5. The van der Waals surface area contributed by atoms with Gasteiger partial charge < -0.3 is 24.6 Å². The Morgan fingerprint density at radius 3 is 1.38 bits per heavy atom. The van der Waals surface area contributed by atoms with Crippen molar-refractivity contribution in [3.05, 3.63) is 0 Å². The van der Waals surface area contributed by atoms with Gasteiger partial charge in [0.15, 0.2) is 6.10 Å². The summed E-state index contributed by atoms with van der Waals surface area (Å²) >= 11 is 0. The number of aliphatic hydroxyl groups excluding tert-OH is 2. The number of unbranched alkanes of at least 4 members (excludes halogenated alkanes) is 20. The van der Waals surface area contributed by atoms with Crippen molar-refractivity contribution in [3.63, 3.8) is 0 Å². The van der Waals surface area contributed by atoms with Gasteiger partial charge in [-0.25, -0.2) is 4.57 Å². The number of carbonyl (C=O) groups excluding carboxylic acids is 2. The van der Waals surface area contributed by atoms with Crippen LogP contribution in [0, 0.1) is 0 Å². The van der Waals surface area contributed by atoms with Gasteiger partial charge in [-0.1, -0.05) is 142 Å². The minimum Gasteiger partial charge on any atom is -0.462 e. The number of ether oxygens (including phenoxy) is 2. The fourth-order valence-electron chi connectivity index (χ4n) is 4.93. The van der Waals surface area contributed by atoms with Gasteiger partial charge in [0.2, 0.25) is 0 Å². The number of phosphoric ester groups is 1. The Kier molecular flexibility index (Phi) is 30.8. The zero-order chi connectivity index (χ0) is 33.4. The molecular weight excluding hydrogens is 599 g/mol. The highest BCUT2D eigenvalue weighted by molar-refractivity contribution is 7.47. The van der Waals surface area contributed by atoms with Gasteiger partial charge in [-0.15, -0.1) is 0 Å². The minimum atomic E-state index is -4.60. The SMILES string of the molecule is CCCCCCCCCCCCCCC(=O)OC[C@H](COP(=O)(O)OC[C@@H](O)CO)OC(=O)CCCCCCCCCCCC. The van der Waals surface area contributed by atoms with Gasteiger partial charge in [0.25, 0.3) is 0 Å². The average molecular weight is 667 g/mol. The maximum Gasteiger partial charge on any atom is 0.472 e. The van der Waals surface area contributed by atoms with E-state index in [-0.39, 0.29) is 19.4 Å². The Hall–Kier alpha value is -1.03. The first-order valence-electron chi connectivity index (χ1n) is 18.0. The second-order valence-corrected chi connectivity index (χ2v) is 13.7.